The van der Waals surface area contributed by atoms with Crippen molar-refractivity contribution < 1.29 is 14.4 Å². The number of carbonyl (C=O) groups is 3. The van der Waals surface area contributed by atoms with Crippen LogP contribution >= 0.6 is 0 Å². The fourth-order valence-electron chi connectivity index (χ4n) is 4.02. The number of guanidine groups is 1. The lowest BCUT2D eigenvalue weighted by atomic mass is 10.2. The second-order valence-corrected chi connectivity index (χ2v) is 7.74. The van der Waals surface area contributed by atoms with E-state index in [0.717, 1.165) is 58.1 Å². The van der Waals surface area contributed by atoms with Gasteiger partial charge in [0.05, 0.1) is 13.1 Å². The van der Waals surface area contributed by atoms with Crippen molar-refractivity contribution in [1.29, 1.82) is 0 Å². The number of rotatable bonds is 5. The second-order valence-electron chi connectivity index (χ2n) is 7.74. The Balaban J connectivity index is 1.38. The number of hydrogen-bond donors (Lipinski definition) is 2. The van der Waals surface area contributed by atoms with Crippen molar-refractivity contribution in [3.63, 3.8) is 0 Å². The first kappa shape index (κ1) is 21.4. The van der Waals surface area contributed by atoms with Gasteiger partial charge in [0, 0.05) is 59.4 Å². The van der Waals surface area contributed by atoms with Crippen LogP contribution in [0.3, 0.4) is 0 Å². The zero-order chi connectivity index (χ0) is 20.6. The van der Waals surface area contributed by atoms with Crippen LogP contribution in [0.2, 0.25) is 0 Å². The Morgan fingerprint density at radius 2 is 1.69 bits per heavy atom. The number of hydrogen-bond acceptors (Lipinski definition) is 5. The molecule has 10 nitrogen and oxygen atoms in total. The van der Waals surface area contributed by atoms with E-state index in [1.165, 1.54) is 17.7 Å². The van der Waals surface area contributed by atoms with Crippen molar-refractivity contribution in [3.8, 4) is 0 Å². The van der Waals surface area contributed by atoms with Crippen LogP contribution in [0, 0.1) is 0 Å². The van der Waals surface area contributed by atoms with Gasteiger partial charge in [-0.1, -0.05) is 12.8 Å². The third kappa shape index (κ3) is 5.81. The molecule has 10 heteroatoms. The number of aliphatic imine (C=N–C) groups is 1. The van der Waals surface area contributed by atoms with E-state index in [2.05, 4.69) is 25.4 Å². The average molecular weight is 408 g/mol. The van der Waals surface area contributed by atoms with Crippen molar-refractivity contribution in [2.75, 3.05) is 72.5 Å². The molecule has 3 fully saturated rings. The van der Waals surface area contributed by atoms with Gasteiger partial charge in [0.1, 0.15) is 0 Å². The smallest absolute Gasteiger partial charge is 0.324 e. The van der Waals surface area contributed by atoms with Gasteiger partial charge in [-0.3, -0.25) is 24.4 Å². The molecule has 0 aromatic carbocycles. The monoisotopic (exact) mass is 407 g/mol. The van der Waals surface area contributed by atoms with Crippen molar-refractivity contribution in [3.05, 3.63) is 0 Å². The Bertz CT molecular complexity index is 607. The van der Waals surface area contributed by atoms with E-state index in [4.69, 9.17) is 0 Å². The molecule has 0 aromatic heterocycles. The average Bonchev–Trinajstić information content (AvgIpc) is 2.93. The summed E-state index contributed by atoms with van der Waals surface area (Å²) in [5.41, 5.74) is 0. The normalized spacial score (nSPS) is 22.0. The first-order chi connectivity index (χ1) is 14.1. The summed E-state index contributed by atoms with van der Waals surface area (Å²) in [5.74, 6) is 0.807. The zero-order valence-corrected chi connectivity index (χ0v) is 17.4. The predicted molar refractivity (Wildman–Crippen MR) is 110 cm³/mol. The minimum Gasteiger partial charge on any atom is -0.354 e. The molecule has 0 bridgehead atoms. The molecule has 2 N–H and O–H groups in total. The first-order valence-electron chi connectivity index (χ1n) is 10.6. The van der Waals surface area contributed by atoms with Gasteiger partial charge in [0.15, 0.2) is 5.96 Å². The number of imide groups is 1. The SMILES string of the molecule is CN=C(NCCN1C(=O)CNC1=O)N1CCN(CC(=O)N2CCCCCC2)CC1. The van der Waals surface area contributed by atoms with Gasteiger partial charge in [0.2, 0.25) is 11.8 Å². The first-order valence-corrected chi connectivity index (χ1v) is 10.6. The van der Waals surface area contributed by atoms with E-state index in [0.29, 0.717) is 19.6 Å². The lowest BCUT2D eigenvalue weighted by molar-refractivity contribution is -0.132. The molecule has 0 spiro atoms. The molecule has 3 rings (SSSR count). The lowest BCUT2D eigenvalue weighted by Crippen LogP contribution is -2.55. The molecule has 0 saturated carbocycles. The van der Waals surface area contributed by atoms with E-state index < -0.39 is 0 Å². The molecule has 3 aliphatic rings. The molecule has 29 heavy (non-hydrogen) atoms. The minimum atomic E-state index is -0.338. The van der Waals surface area contributed by atoms with Crippen molar-refractivity contribution in [1.82, 2.24) is 30.2 Å². The summed E-state index contributed by atoms with van der Waals surface area (Å²) in [6.45, 7) is 6.33. The number of likely N-dealkylation sites (tertiary alicyclic amines) is 1. The maximum absolute atomic E-state index is 12.6. The Kier molecular flexibility index (Phi) is 7.68. The van der Waals surface area contributed by atoms with E-state index >= 15 is 0 Å². The summed E-state index contributed by atoms with van der Waals surface area (Å²) in [6.07, 6.45) is 4.69. The Hall–Kier alpha value is -2.36. The van der Waals surface area contributed by atoms with Crippen LogP contribution < -0.4 is 10.6 Å². The number of amides is 4. The molecule has 0 radical (unpaired) electrons. The van der Waals surface area contributed by atoms with E-state index in [9.17, 15) is 14.4 Å². The molecular weight excluding hydrogens is 374 g/mol. The summed E-state index contributed by atoms with van der Waals surface area (Å²) >= 11 is 0. The number of nitrogens with one attached hydrogen (secondary N) is 2. The maximum atomic E-state index is 12.6. The van der Waals surface area contributed by atoms with Crippen LogP contribution in [0.1, 0.15) is 25.7 Å². The van der Waals surface area contributed by atoms with Gasteiger partial charge in [-0.2, -0.15) is 0 Å². The second kappa shape index (κ2) is 10.4. The summed E-state index contributed by atoms with van der Waals surface area (Å²) in [4.78, 5) is 47.7. The van der Waals surface area contributed by atoms with Crippen LogP contribution in [0.15, 0.2) is 4.99 Å². The van der Waals surface area contributed by atoms with Gasteiger partial charge >= 0.3 is 6.03 Å². The van der Waals surface area contributed by atoms with Crippen LogP contribution in [-0.2, 0) is 9.59 Å². The molecule has 0 aliphatic carbocycles. The standard InChI is InChI=1S/C19H33N7O3/c1-20-18(21-6-9-26-16(27)14-22-19(26)29)25-12-10-23(11-13-25)15-17(28)24-7-4-2-3-5-8-24/h2-15H2,1H3,(H,20,21)(H,22,29). The highest BCUT2D eigenvalue weighted by molar-refractivity contribution is 6.01. The zero-order valence-electron chi connectivity index (χ0n) is 17.4. The van der Waals surface area contributed by atoms with Crippen LogP contribution in [0.25, 0.3) is 0 Å². The predicted octanol–water partition coefficient (Wildman–Crippen LogP) is -0.866. The van der Waals surface area contributed by atoms with Gasteiger partial charge in [-0.05, 0) is 12.8 Å². The number of urea groups is 1. The molecular formula is C19H33N7O3. The van der Waals surface area contributed by atoms with Crippen molar-refractivity contribution in [2.45, 2.75) is 25.7 Å². The van der Waals surface area contributed by atoms with Crippen LogP contribution in [0.5, 0.6) is 0 Å². The summed E-state index contributed by atoms with van der Waals surface area (Å²) < 4.78 is 0. The molecule has 0 unspecified atom stereocenters. The highest BCUT2D eigenvalue weighted by Crippen LogP contribution is 2.11. The highest BCUT2D eigenvalue weighted by atomic mass is 16.2. The van der Waals surface area contributed by atoms with Crippen molar-refractivity contribution >= 4 is 23.8 Å². The molecule has 3 aliphatic heterocycles. The van der Waals surface area contributed by atoms with E-state index in [1.807, 2.05) is 4.90 Å². The minimum absolute atomic E-state index is 0.0751. The third-order valence-corrected chi connectivity index (χ3v) is 5.76. The Labute approximate surface area is 172 Å². The number of nitrogens with zero attached hydrogens (tertiary/aromatic N) is 5. The molecule has 0 atom stereocenters. The molecule has 0 aromatic rings. The number of piperazine rings is 1. The van der Waals surface area contributed by atoms with Crippen molar-refractivity contribution in [2.24, 2.45) is 4.99 Å². The fraction of sp³-hybridized carbons (Fsp3) is 0.789. The van der Waals surface area contributed by atoms with Gasteiger partial charge in [0.25, 0.3) is 0 Å². The summed E-state index contributed by atoms with van der Waals surface area (Å²) in [6, 6.07) is -0.338. The fourth-order valence-corrected chi connectivity index (χ4v) is 4.02. The topological polar surface area (TPSA) is 101 Å². The van der Waals surface area contributed by atoms with E-state index in [1.54, 1.807) is 7.05 Å². The maximum Gasteiger partial charge on any atom is 0.324 e. The van der Waals surface area contributed by atoms with Crippen LogP contribution in [0.4, 0.5) is 4.79 Å². The van der Waals surface area contributed by atoms with E-state index in [-0.39, 0.29) is 24.4 Å². The molecule has 162 valence electrons. The van der Waals surface area contributed by atoms with Crippen LogP contribution in [-0.4, -0.2) is 116 Å². The Morgan fingerprint density at radius 1 is 1.00 bits per heavy atom. The largest absolute Gasteiger partial charge is 0.354 e. The quantitative estimate of drug-likeness (QED) is 0.349. The third-order valence-electron chi connectivity index (χ3n) is 5.76. The highest BCUT2D eigenvalue weighted by Gasteiger charge is 2.28. The number of carbonyl (C=O) groups excluding carboxylic acids is 3. The van der Waals surface area contributed by atoms with Gasteiger partial charge in [-0.15, -0.1) is 0 Å². The molecule has 3 saturated heterocycles. The summed E-state index contributed by atoms with van der Waals surface area (Å²) in [7, 11) is 1.73. The van der Waals surface area contributed by atoms with Gasteiger partial charge < -0.3 is 20.4 Å². The van der Waals surface area contributed by atoms with Gasteiger partial charge in [-0.25, -0.2) is 4.79 Å². The summed E-state index contributed by atoms with van der Waals surface area (Å²) in [5, 5.41) is 5.74. The molecule has 4 amide bonds. The Morgan fingerprint density at radius 3 is 2.28 bits per heavy atom. The lowest BCUT2D eigenvalue weighted by Gasteiger charge is -2.37. The molecule has 3 heterocycles.